The SMILES string of the molecule is CCCCCC[C@H](C)Cc1cscc1C. The number of thiophene rings is 1. The lowest BCUT2D eigenvalue weighted by atomic mass is 9.95. The molecule has 0 spiro atoms. The molecular formula is C14H24S. The summed E-state index contributed by atoms with van der Waals surface area (Å²) in [5.74, 6) is 0.857. The average molecular weight is 224 g/mol. The van der Waals surface area contributed by atoms with Crippen LogP contribution in [0, 0.1) is 12.8 Å². The zero-order valence-corrected chi connectivity index (χ0v) is 11.2. The van der Waals surface area contributed by atoms with Crippen molar-refractivity contribution in [3.05, 3.63) is 21.9 Å². The summed E-state index contributed by atoms with van der Waals surface area (Å²) in [5, 5.41) is 4.58. The zero-order valence-electron chi connectivity index (χ0n) is 10.4. The summed E-state index contributed by atoms with van der Waals surface area (Å²) in [6.07, 6.45) is 8.26. The van der Waals surface area contributed by atoms with Gasteiger partial charge in [-0.05, 0) is 41.1 Å². The van der Waals surface area contributed by atoms with E-state index in [4.69, 9.17) is 0 Å². The maximum absolute atomic E-state index is 2.39. The van der Waals surface area contributed by atoms with Crippen LogP contribution < -0.4 is 0 Å². The van der Waals surface area contributed by atoms with Gasteiger partial charge in [0.05, 0.1) is 0 Å². The van der Waals surface area contributed by atoms with E-state index in [9.17, 15) is 0 Å². The van der Waals surface area contributed by atoms with E-state index < -0.39 is 0 Å². The van der Waals surface area contributed by atoms with Gasteiger partial charge in [-0.2, -0.15) is 11.3 Å². The second kappa shape index (κ2) is 7.05. The molecule has 0 fully saturated rings. The van der Waals surface area contributed by atoms with Gasteiger partial charge >= 0.3 is 0 Å². The van der Waals surface area contributed by atoms with Crippen molar-refractivity contribution in [2.24, 2.45) is 5.92 Å². The van der Waals surface area contributed by atoms with E-state index in [0.717, 1.165) is 5.92 Å². The quantitative estimate of drug-likeness (QED) is 0.558. The Bertz CT molecular complexity index is 262. The Morgan fingerprint density at radius 2 is 2.00 bits per heavy atom. The molecule has 0 amide bonds. The monoisotopic (exact) mass is 224 g/mol. The van der Waals surface area contributed by atoms with Crippen LogP contribution in [0.25, 0.3) is 0 Å². The number of unbranched alkanes of at least 4 members (excludes halogenated alkanes) is 3. The third-order valence-corrected chi connectivity index (χ3v) is 3.99. The Morgan fingerprint density at radius 1 is 1.20 bits per heavy atom. The van der Waals surface area contributed by atoms with Crippen LogP contribution in [0.5, 0.6) is 0 Å². The fourth-order valence-corrected chi connectivity index (χ4v) is 2.86. The van der Waals surface area contributed by atoms with E-state index >= 15 is 0 Å². The maximum Gasteiger partial charge on any atom is -0.00584 e. The van der Waals surface area contributed by atoms with Crippen LogP contribution in [0.1, 0.15) is 57.1 Å². The van der Waals surface area contributed by atoms with Crippen LogP contribution >= 0.6 is 11.3 Å². The predicted octanol–water partition coefficient (Wildman–Crippen LogP) is 5.21. The summed E-state index contributed by atoms with van der Waals surface area (Å²) in [6.45, 7) is 6.90. The molecule has 0 bridgehead atoms. The molecular weight excluding hydrogens is 200 g/mol. The molecule has 1 heteroatoms. The van der Waals surface area contributed by atoms with Crippen LogP contribution in [0.4, 0.5) is 0 Å². The van der Waals surface area contributed by atoms with Crippen LogP contribution in [-0.4, -0.2) is 0 Å². The summed E-state index contributed by atoms with van der Waals surface area (Å²) >= 11 is 1.84. The predicted molar refractivity (Wildman–Crippen MR) is 70.7 cm³/mol. The molecule has 0 radical (unpaired) electrons. The molecule has 0 saturated heterocycles. The molecule has 1 aromatic rings. The highest BCUT2D eigenvalue weighted by Gasteiger charge is 2.06. The molecule has 0 unspecified atom stereocenters. The van der Waals surface area contributed by atoms with Crippen molar-refractivity contribution in [3.63, 3.8) is 0 Å². The van der Waals surface area contributed by atoms with E-state index in [1.165, 1.54) is 44.1 Å². The fourth-order valence-electron chi connectivity index (χ4n) is 1.99. The smallest absolute Gasteiger partial charge is 0.00584 e. The van der Waals surface area contributed by atoms with Crippen molar-refractivity contribution < 1.29 is 0 Å². The molecule has 0 aliphatic heterocycles. The van der Waals surface area contributed by atoms with Gasteiger partial charge in [-0.3, -0.25) is 0 Å². The molecule has 1 aromatic heterocycles. The molecule has 0 N–H and O–H groups in total. The van der Waals surface area contributed by atoms with Gasteiger partial charge in [0.1, 0.15) is 0 Å². The summed E-state index contributed by atoms with van der Waals surface area (Å²) in [5.41, 5.74) is 3.06. The molecule has 15 heavy (non-hydrogen) atoms. The van der Waals surface area contributed by atoms with Crippen molar-refractivity contribution in [3.8, 4) is 0 Å². The highest BCUT2D eigenvalue weighted by Crippen LogP contribution is 2.20. The summed E-state index contributed by atoms with van der Waals surface area (Å²) < 4.78 is 0. The molecule has 1 atom stereocenters. The van der Waals surface area contributed by atoms with E-state index in [1.807, 2.05) is 11.3 Å². The van der Waals surface area contributed by atoms with Gasteiger partial charge in [0.15, 0.2) is 0 Å². The van der Waals surface area contributed by atoms with Gasteiger partial charge in [0.25, 0.3) is 0 Å². The molecule has 1 heterocycles. The van der Waals surface area contributed by atoms with Gasteiger partial charge < -0.3 is 0 Å². The largest absolute Gasteiger partial charge is 0.152 e. The van der Waals surface area contributed by atoms with Crippen molar-refractivity contribution >= 4 is 11.3 Å². The number of hydrogen-bond acceptors (Lipinski definition) is 1. The van der Waals surface area contributed by atoms with E-state index in [-0.39, 0.29) is 0 Å². The minimum atomic E-state index is 0.857. The highest BCUT2D eigenvalue weighted by molar-refractivity contribution is 7.08. The van der Waals surface area contributed by atoms with Crippen molar-refractivity contribution in [2.45, 2.75) is 59.3 Å². The third-order valence-electron chi connectivity index (χ3n) is 3.08. The van der Waals surface area contributed by atoms with Crippen LogP contribution in [0.2, 0.25) is 0 Å². The molecule has 0 aliphatic carbocycles. The Morgan fingerprint density at radius 3 is 2.60 bits per heavy atom. The van der Waals surface area contributed by atoms with Crippen LogP contribution in [-0.2, 0) is 6.42 Å². The van der Waals surface area contributed by atoms with Crippen LogP contribution in [0.3, 0.4) is 0 Å². The Balaban J connectivity index is 2.18. The van der Waals surface area contributed by atoms with Crippen LogP contribution in [0.15, 0.2) is 10.8 Å². The lowest BCUT2D eigenvalue weighted by Gasteiger charge is -2.10. The lowest BCUT2D eigenvalue weighted by molar-refractivity contribution is 0.487. The normalized spacial score (nSPS) is 13.0. The minimum Gasteiger partial charge on any atom is -0.152 e. The highest BCUT2D eigenvalue weighted by atomic mass is 32.1. The van der Waals surface area contributed by atoms with Crippen molar-refractivity contribution in [1.82, 2.24) is 0 Å². The van der Waals surface area contributed by atoms with E-state index in [2.05, 4.69) is 31.5 Å². The van der Waals surface area contributed by atoms with Gasteiger partial charge in [-0.25, -0.2) is 0 Å². The van der Waals surface area contributed by atoms with Gasteiger partial charge in [-0.1, -0.05) is 46.0 Å². The van der Waals surface area contributed by atoms with Gasteiger partial charge in [0.2, 0.25) is 0 Å². The molecule has 0 aliphatic rings. The number of hydrogen-bond donors (Lipinski definition) is 0. The minimum absolute atomic E-state index is 0.857. The second-order valence-electron chi connectivity index (χ2n) is 4.74. The third kappa shape index (κ3) is 4.83. The fraction of sp³-hybridized carbons (Fsp3) is 0.714. The number of rotatable bonds is 7. The first-order valence-electron chi connectivity index (χ1n) is 6.25. The lowest BCUT2D eigenvalue weighted by Crippen LogP contribution is -1.99. The molecule has 86 valence electrons. The molecule has 0 nitrogen and oxygen atoms in total. The first-order valence-corrected chi connectivity index (χ1v) is 7.20. The Kier molecular flexibility index (Phi) is 6.00. The van der Waals surface area contributed by atoms with E-state index in [1.54, 1.807) is 5.56 Å². The average Bonchev–Trinajstić information content (AvgIpc) is 2.59. The topological polar surface area (TPSA) is 0 Å². The molecule has 1 rings (SSSR count). The van der Waals surface area contributed by atoms with Crippen molar-refractivity contribution in [2.75, 3.05) is 0 Å². The summed E-state index contributed by atoms with van der Waals surface area (Å²) in [4.78, 5) is 0. The molecule has 0 aromatic carbocycles. The second-order valence-corrected chi connectivity index (χ2v) is 5.48. The number of aryl methyl sites for hydroxylation is 1. The maximum atomic E-state index is 2.39. The standard InChI is InChI=1S/C14H24S/c1-4-5-6-7-8-12(2)9-14-11-15-10-13(14)3/h10-12H,4-9H2,1-3H3/t12-/m0/s1. The summed E-state index contributed by atoms with van der Waals surface area (Å²) in [6, 6.07) is 0. The first-order chi connectivity index (χ1) is 7.24. The molecule has 0 saturated carbocycles. The van der Waals surface area contributed by atoms with Gasteiger partial charge in [0, 0.05) is 0 Å². The first kappa shape index (κ1) is 12.8. The zero-order chi connectivity index (χ0) is 11.1. The van der Waals surface area contributed by atoms with Gasteiger partial charge in [-0.15, -0.1) is 0 Å². The summed E-state index contributed by atoms with van der Waals surface area (Å²) in [7, 11) is 0. The Hall–Kier alpha value is -0.300. The Labute approximate surface area is 98.7 Å². The van der Waals surface area contributed by atoms with E-state index in [0.29, 0.717) is 0 Å². The van der Waals surface area contributed by atoms with Crippen molar-refractivity contribution in [1.29, 1.82) is 0 Å².